The average molecular weight is 327 g/mol. The molecule has 0 spiro atoms. The van der Waals surface area contributed by atoms with Crippen molar-refractivity contribution in [2.45, 2.75) is 13.5 Å². The molecule has 0 saturated carbocycles. The lowest BCUT2D eigenvalue weighted by molar-refractivity contribution is -0.152. The molecule has 7 nitrogen and oxygen atoms in total. The van der Waals surface area contributed by atoms with Crippen molar-refractivity contribution in [2.24, 2.45) is 0 Å². The van der Waals surface area contributed by atoms with Crippen LogP contribution < -0.4 is 10.6 Å². The molecule has 2 aromatic rings. The molecule has 2 amide bonds. The molecule has 1 heterocycles. The van der Waals surface area contributed by atoms with Crippen LogP contribution in [0.25, 0.3) is 0 Å². The SMILES string of the molecule is CCOC(=O)C(=O)Nc1ccccc1C(=O)NCc1ccccn1. The van der Waals surface area contributed by atoms with Gasteiger partial charge in [-0.15, -0.1) is 0 Å². The molecule has 0 fully saturated rings. The number of anilines is 1. The highest BCUT2D eigenvalue weighted by Crippen LogP contribution is 2.15. The number of carbonyl (C=O) groups is 3. The van der Waals surface area contributed by atoms with Crippen LogP contribution in [-0.4, -0.2) is 29.4 Å². The zero-order valence-corrected chi connectivity index (χ0v) is 13.1. The van der Waals surface area contributed by atoms with Crippen LogP contribution in [0.15, 0.2) is 48.7 Å². The number of esters is 1. The summed E-state index contributed by atoms with van der Waals surface area (Å²) in [5, 5.41) is 5.10. The number of nitrogens with zero attached hydrogens (tertiary/aromatic N) is 1. The van der Waals surface area contributed by atoms with E-state index in [2.05, 4.69) is 20.4 Å². The van der Waals surface area contributed by atoms with Gasteiger partial charge in [-0.25, -0.2) is 4.79 Å². The zero-order valence-electron chi connectivity index (χ0n) is 13.1. The number of aromatic nitrogens is 1. The Morgan fingerprint density at radius 2 is 1.83 bits per heavy atom. The summed E-state index contributed by atoms with van der Waals surface area (Å²) in [6, 6.07) is 11.8. The van der Waals surface area contributed by atoms with Gasteiger partial charge >= 0.3 is 11.9 Å². The predicted molar refractivity (Wildman–Crippen MR) is 87.1 cm³/mol. The molecule has 7 heteroatoms. The number of ether oxygens (including phenoxy) is 1. The molecule has 24 heavy (non-hydrogen) atoms. The first kappa shape index (κ1) is 17.1. The lowest BCUT2D eigenvalue weighted by Gasteiger charge is -2.11. The highest BCUT2D eigenvalue weighted by atomic mass is 16.5. The van der Waals surface area contributed by atoms with E-state index in [0.717, 1.165) is 0 Å². The van der Waals surface area contributed by atoms with Crippen molar-refractivity contribution in [3.8, 4) is 0 Å². The van der Waals surface area contributed by atoms with Gasteiger partial charge in [0.2, 0.25) is 0 Å². The van der Waals surface area contributed by atoms with Crippen molar-refractivity contribution in [1.82, 2.24) is 10.3 Å². The maximum atomic E-state index is 12.3. The van der Waals surface area contributed by atoms with E-state index in [1.807, 2.05) is 6.07 Å². The molecule has 124 valence electrons. The molecule has 1 aromatic heterocycles. The summed E-state index contributed by atoms with van der Waals surface area (Å²) < 4.78 is 4.62. The van der Waals surface area contributed by atoms with E-state index in [9.17, 15) is 14.4 Å². The maximum absolute atomic E-state index is 12.3. The first-order chi connectivity index (χ1) is 11.6. The summed E-state index contributed by atoms with van der Waals surface area (Å²) >= 11 is 0. The molecule has 0 aliphatic carbocycles. The highest BCUT2D eigenvalue weighted by molar-refractivity contribution is 6.37. The fourth-order valence-electron chi connectivity index (χ4n) is 1.93. The molecule has 1 aromatic carbocycles. The van der Waals surface area contributed by atoms with Gasteiger partial charge in [0.05, 0.1) is 30.1 Å². The number of para-hydroxylation sites is 1. The summed E-state index contributed by atoms with van der Waals surface area (Å²) in [4.78, 5) is 39.5. The standard InChI is InChI=1S/C17H17N3O4/c1-2-24-17(23)16(22)20-14-9-4-3-8-13(14)15(21)19-11-12-7-5-6-10-18-12/h3-10H,2,11H2,1H3,(H,19,21)(H,20,22). The topological polar surface area (TPSA) is 97.4 Å². The van der Waals surface area contributed by atoms with Crippen LogP contribution in [0.5, 0.6) is 0 Å². The summed E-state index contributed by atoms with van der Waals surface area (Å²) in [5.74, 6) is -2.32. The number of hydrogen-bond donors (Lipinski definition) is 2. The first-order valence-electron chi connectivity index (χ1n) is 7.37. The van der Waals surface area contributed by atoms with Gasteiger partial charge in [0.1, 0.15) is 0 Å². The van der Waals surface area contributed by atoms with E-state index in [0.29, 0.717) is 5.69 Å². The first-order valence-corrected chi connectivity index (χ1v) is 7.37. The van der Waals surface area contributed by atoms with Gasteiger partial charge in [-0.05, 0) is 31.2 Å². The van der Waals surface area contributed by atoms with Crippen LogP contribution in [-0.2, 0) is 20.9 Å². The van der Waals surface area contributed by atoms with E-state index in [1.54, 1.807) is 43.5 Å². The molecule has 0 aliphatic rings. The van der Waals surface area contributed by atoms with Crippen molar-refractivity contribution in [2.75, 3.05) is 11.9 Å². The number of carbonyl (C=O) groups excluding carboxylic acids is 3. The van der Waals surface area contributed by atoms with Crippen molar-refractivity contribution in [3.63, 3.8) is 0 Å². The number of nitrogens with one attached hydrogen (secondary N) is 2. The van der Waals surface area contributed by atoms with Gasteiger partial charge in [-0.3, -0.25) is 14.6 Å². The highest BCUT2D eigenvalue weighted by Gasteiger charge is 2.18. The smallest absolute Gasteiger partial charge is 0.397 e. The second-order valence-corrected chi connectivity index (χ2v) is 4.72. The minimum absolute atomic E-state index is 0.0957. The third-order valence-corrected chi connectivity index (χ3v) is 3.04. The van der Waals surface area contributed by atoms with Gasteiger partial charge in [-0.1, -0.05) is 18.2 Å². The largest absolute Gasteiger partial charge is 0.459 e. The monoisotopic (exact) mass is 327 g/mol. The van der Waals surface area contributed by atoms with Crippen LogP contribution in [0.3, 0.4) is 0 Å². The summed E-state index contributed by atoms with van der Waals surface area (Å²) in [6.45, 7) is 1.95. The second-order valence-electron chi connectivity index (χ2n) is 4.72. The Morgan fingerprint density at radius 3 is 2.54 bits per heavy atom. The summed E-state index contributed by atoms with van der Waals surface area (Å²) in [6.07, 6.45) is 1.63. The summed E-state index contributed by atoms with van der Waals surface area (Å²) in [7, 11) is 0. The second kappa shape index (κ2) is 8.42. The minimum Gasteiger partial charge on any atom is -0.459 e. The van der Waals surface area contributed by atoms with Gasteiger partial charge in [0.15, 0.2) is 0 Å². The number of benzene rings is 1. The molecular weight excluding hydrogens is 310 g/mol. The third kappa shape index (κ3) is 4.64. The zero-order chi connectivity index (χ0) is 17.4. The van der Waals surface area contributed by atoms with Crippen molar-refractivity contribution in [3.05, 3.63) is 59.9 Å². The number of hydrogen-bond acceptors (Lipinski definition) is 5. The Morgan fingerprint density at radius 1 is 1.08 bits per heavy atom. The molecule has 0 unspecified atom stereocenters. The van der Waals surface area contributed by atoms with Crippen LogP contribution in [0.4, 0.5) is 5.69 Å². The fraction of sp³-hybridized carbons (Fsp3) is 0.176. The molecule has 0 aliphatic heterocycles. The predicted octanol–water partition coefficient (Wildman–Crippen LogP) is 1.51. The van der Waals surface area contributed by atoms with Crippen molar-refractivity contribution < 1.29 is 19.1 Å². The third-order valence-electron chi connectivity index (χ3n) is 3.04. The van der Waals surface area contributed by atoms with Gasteiger partial charge < -0.3 is 15.4 Å². The Labute approximate surface area is 139 Å². The van der Waals surface area contributed by atoms with Crippen LogP contribution in [0, 0.1) is 0 Å². The Balaban J connectivity index is 2.06. The molecule has 0 saturated heterocycles. The van der Waals surface area contributed by atoms with E-state index >= 15 is 0 Å². The molecule has 0 bridgehead atoms. The minimum atomic E-state index is -0.999. The molecule has 2 N–H and O–H groups in total. The van der Waals surface area contributed by atoms with E-state index in [4.69, 9.17) is 0 Å². The van der Waals surface area contributed by atoms with Gasteiger partial charge in [-0.2, -0.15) is 0 Å². The van der Waals surface area contributed by atoms with E-state index < -0.39 is 11.9 Å². The van der Waals surface area contributed by atoms with Crippen LogP contribution in [0.2, 0.25) is 0 Å². The van der Waals surface area contributed by atoms with Crippen molar-refractivity contribution in [1.29, 1.82) is 0 Å². The lowest BCUT2D eigenvalue weighted by Crippen LogP contribution is -2.28. The van der Waals surface area contributed by atoms with Gasteiger partial charge in [0, 0.05) is 6.20 Å². The lowest BCUT2D eigenvalue weighted by atomic mass is 10.1. The molecular formula is C17H17N3O4. The Kier molecular flexibility index (Phi) is 6.01. The molecule has 2 rings (SSSR count). The molecule has 0 radical (unpaired) electrons. The number of amides is 2. The maximum Gasteiger partial charge on any atom is 0.397 e. The summed E-state index contributed by atoms with van der Waals surface area (Å²) in [5.41, 5.74) is 1.18. The van der Waals surface area contributed by atoms with Gasteiger partial charge in [0.25, 0.3) is 5.91 Å². The normalized spacial score (nSPS) is 9.88. The quantitative estimate of drug-likeness (QED) is 0.641. The fourth-order valence-corrected chi connectivity index (χ4v) is 1.93. The number of rotatable bonds is 5. The number of pyridine rings is 1. The Hall–Kier alpha value is -3.22. The Bertz CT molecular complexity index is 732. The van der Waals surface area contributed by atoms with Crippen molar-refractivity contribution >= 4 is 23.5 Å². The van der Waals surface area contributed by atoms with E-state index in [1.165, 1.54) is 6.07 Å². The average Bonchev–Trinajstić information content (AvgIpc) is 2.61. The molecule has 0 atom stereocenters. The van der Waals surface area contributed by atoms with Crippen LogP contribution in [0.1, 0.15) is 23.0 Å². The van der Waals surface area contributed by atoms with E-state index in [-0.39, 0.29) is 30.3 Å². The van der Waals surface area contributed by atoms with Crippen LogP contribution >= 0.6 is 0 Å².